The number of benzene rings is 1. The monoisotopic (exact) mass is 307 g/mol. The molecule has 1 aromatic carbocycles. The molecule has 0 aliphatic heterocycles. The lowest BCUT2D eigenvalue weighted by molar-refractivity contribution is 0.962. The van der Waals surface area contributed by atoms with Crippen LogP contribution in [0, 0.1) is 13.8 Å². The molecule has 20 heavy (non-hydrogen) atoms. The Morgan fingerprint density at radius 2 is 1.80 bits per heavy atom. The Bertz CT molecular complexity index is 825. The van der Waals surface area contributed by atoms with Crippen molar-refractivity contribution in [1.29, 1.82) is 0 Å². The van der Waals surface area contributed by atoms with Crippen molar-refractivity contribution in [3.05, 3.63) is 39.8 Å². The van der Waals surface area contributed by atoms with E-state index in [9.17, 15) is 0 Å². The fourth-order valence-corrected chi connectivity index (χ4v) is 2.60. The van der Waals surface area contributed by atoms with Crippen molar-refractivity contribution in [3.8, 4) is 11.4 Å². The zero-order chi connectivity index (χ0) is 14.4. The van der Waals surface area contributed by atoms with E-state index in [0.29, 0.717) is 32.8 Å². The first-order chi connectivity index (χ1) is 9.49. The van der Waals surface area contributed by atoms with Gasteiger partial charge in [0.25, 0.3) is 0 Å². The number of nitrogens with two attached hydrogens (primary N) is 1. The van der Waals surface area contributed by atoms with Gasteiger partial charge in [-0.3, -0.25) is 4.40 Å². The Morgan fingerprint density at radius 1 is 1.10 bits per heavy atom. The van der Waals surface area contributed by atoms with Crippen molar-refractivity contribution < 1.29 is 0 Å². The quantitative estimate of drug-likeness (QED) is 0.700. The Balaban J connectivity index is 2.40. The molecule has 0 spiro atoms. The number of hydrogen-bond acceptors (Lipinski definition) is 4. The summed E-state index contributed by atoms with van der Waals surface area (Å²) in [6.07, 6.45) is 0. The lowest BCUT2D eigenvalue weighted by atomic mass is 10.1. The SMILES string of the molecule is Cc1cc2nnc(-c3c(Cl)ccc(Cl)c3N)n2c(C)n1. The Hall–Kier alpha value is -1.85. The molecule has 0 bridgehead atoms. The summed E-state index contributed by atoms with van der Waals surface area (Å²) in [5.41, 5.74) is 8.55. The van der Waals surface area contributed by atoms with Crippen LogP contribution in [0.5, 0.6) is 0 Å². The second-order valence-electron chi connectivity index (χ2n) is 4.48. The molecule has 0 amide bonds. The summed E-state index contributed by atoms with van der Waals surface area (Å²) in [4.78, 5) is 4.41. The number of anilines is 1. The van der Waals surface area contributed by atoms with Gasteiger partial charge in [0.2, 0.25) is 0 Å². The zero-order valence-electron chi connectivity index (χ0n) is 10.9. The van der Waals surface area contributed by atoms with Gasteiger partial charge in [0, 0.05) is 11.8 Å². The Morgan fingerprint density at radius 3 is 2.55 bits per heavy atom. The van der Waals surface area contributed by atoms with Crippen molar-refractivity contribution in [2.45, 2.75) is 13.8 Å². The van der Waals surface area contributed by atoms with Crippen molar-refractivity contribution in [2.24, 2.45) is 0 Å². The highest BCUT2D eigenvalue weighted by molar-refractivity contribution is 6.37. The number of nitrogens with zero attached hydrogens (tertiary/aromatic N) is 4. The Labute approximate surface area is 125 Å². The highest BCUT2D eigenvalue weighted by Crippen LogP contribution is 2.37. The van der Waals surface area contributed by atoms with Crippen LogP contribution >= 0.6 is 23.2 Å². The molecule has 5 nitrogen and oxygen atoms in total. The summed E-state index contributed by atoms with van der Waals surface area (Å²) in [6.45, 7) is 3.78. The molecule has 0 fully saturated rings. The van der Waals surface area contributed by atoms with Crippen molar-refractivity contribution in [3.63, 3.8) is 0 Å². The summed E-state index contributed by atoms with van der Waals surface area (Å²) in [5, 5.41) is 9.23. The molecule has 0 saturated heterocycles. The van der Waals surface area contributed by atoms with Crippen molar-refractivity contribution in [2.75, 3.05) is 5.73 Å². The number of halogens is 2. The van der Waals surface area contributed by atoms with Gasteiger partial charge in [-0.05, 0) is 26.0 Å². The van der Waals surface area contributed by atoms with E-state index < -0.39 is 0 Å². The Kier molecular flexibility index (Phi) is 3.03. The second-order valence-corrected chi connectivity index (χ2v) is 5.29. The first kappa shape index (κ1) is 13.1. The van der Waals surface area contributed by atoms with Crippen LogP contribution in [0.1, 0.15) is 11.5 Å². The maximum atomic E-state index is 6.24. The van der Waals surface area contributed by atoms with Gasteiger partial charge >= 0.3 is 0 Å². The highest BCUT2D eigenvalue weighted by Gasteiger charge is 2.18. The molecular formula is C13H11Cl2N5. The number of nitrogen functional groups attached to an aromatic ring is 1. The summed E-state index contributed by atoms with van der Waals surface area (Å²) in [7, 11) is 0. The third-order valence-electron chi connectivity index (χ3n) is 3.05. The molecule has 2 aromatic heterocycles. The molecule has 2 N–H and O–H groups in total. The summed E-state index contributed by atoms with van der Waals surface area (Å²) in [5.74, 6) is 1.30. The van der Waals surface area contributed by atoms with Gasteiger partial charge < -0.3 is 5.73 Å². The number of fused-ring (bicyclic) bond motifs is 1. The second kappa shape index (κ2) is 4.61. The molecule has 0 aliphatic rings. The van der Waals surface area contributed by atoms with E-state index in [1.807, 2.05) is 19.9 Å². The zero-order valence-corrected chi connectivity index (χ0v) is 12.4. The third kappa shape index (κ3) is 1.90. The van der Waals surface area contributed by atoms with Gasteiger partial charge in [0.05, 0.1) is 21.3 Å². The molecule has 3 aromatic rings. The minimum atomic E-state index is 0.383. The molecule has 0 aliphatic carbocycles. The largest absolute Gasteiger partial charge is 0.397 e. The topological polar surface area (TPSA) is 69.1 Å². The van der Waals surface area contributed by atoms with Gasteiger partial charge in [-0.1, -0.05) is 23.2 Å². The van der Waals surface area contributed by atoms with E-state index in [1.165, 1.54) is 0 Å². The normalized spacial score (nSPS) is 11.2. The van der Waals surface area contributed by atoms with E-state index in [2.05, 4.69) is 15.2 Å². The van der Waals surface area contributed by atoms with Crippen LogP contribution in [-0.2, 0) is 0 Å². The first-order valence-corrected chi connectivity index (χ1v) is 6.68. The summed E-state index contributed by atoms with van der Waals surface area (Å²) in [6, 6.07) is 5.19. The molecular weight excluding hydrogens is 297 g/mol. The van der Waals surface area contributed by atoms with E-state index in [-0.39, 0.29) is 0 Å². The summed E-state index contributed by atoms with van der Waals surface area (Å²) < 4.78 is 1.81. The van der Waals surface area contributed by atoms with E-state index >= 15 is 0 Å². The third-order valence-corrected chi connectivity index (χ3v) is 3.70. The van der Waals surface area contributed by atoms with E-state index in [0.717, 1.165) is 11.5 Å². The van der Waals surface area contributed by atoms with Crippen LogP contribution in [0.15, 0.2) is 18.2 Å². The smallest absolute Gasteiger partial charge is 0.173 e. The fraction of sp³-hybridized carbons (Fsp3) is 0.154. The minimum absolute atomic E-state index is 0.383. The average molecular weight is 308 g/mol. The molecule has 0 saturated carbocycles. The standard InChI is InChI=1S/C13H11Cl2N5/c1-6-5-10-18-19-13(20(10)7(2)17-6)11-8(14)3-4-9(15)12(11)16/h3-5H,16H2,1-2H3. The maximum absolute atomic E-state index is 6.24. The van der Waals surface area contributed by atoms with Crippen molar-refractivity contribution in [1.82, 2.24) is 19.6 Å². The molecule has 0 radical (unpaired) electrons. The van der Waals surface area contributed by atoms with Gasteiger partial charge in [-0.25, -0.2) is 4.98 Å². The molecule has 7 heteroatoms. The average Bonchev–Trinajstić information content (AvgIpc) is 2.78. The number of aromatic nitrogens is 4. The van der Waals surface area contributed by atoms with E-state index in [1.54, 1.807) is 16.5 Å². The van der Waals surface area contributed by atoms with Crippen LogP contribution < -0.4 is 5.73 Å². The van der Waals surface area contributed by atoms with Gasteiger partial charge in [0.1, 0.15) is 5.82 Å². The minimum Gasteiger partial charge on any atom is -0.397 e. The van der Waals surface area contributed by atoms with Crippen LogP contribution in [0.4, 0.5) is 5.69 Å². The fourth-order valence-electron chi connectivity index (χ4n) is 2.19. The van der Waals surface area contributed by atoms with Crippen LogP contribution in [0.3, 0.4) is 0 Å². The van der Waals surface area contributed by atoms with Gasteiger partial charge in [-0.15, -0.1) is 10.2 Å². The lowest BCUT2D eigenvalue weighted by Crippen LogP contribution is -2.01. The van der Waals surface area contributed by atoms with Crippen molar-refractivity contribution >= 4 is 34.5 Å². The van der Waals surface area contributed by atoms with Crippen LogP contribution in [0.25, 0.3) is 17.0 Å². The number of hydrogen-bond donors (Lipinski definition) is 1. The predicted octanol–water partition coefficient (Wildman–Crippen LogP) is 3.30. The van der Waals surface area contributed by atoms with Gasteiger partial charge in [-0.2, -0.15) is 0 Å². The number of rotatable bonds is 1. The molecule has 0 atom stereocenters. The maximum Gasteiger partial charge on any atom is 0.173 e. The molecule has 3 rings (SSSR count). The molecule has 0 unspecified atom stereocenters. The number of aryl methyl sites for hydroxylation is 2. The van der Waals surface area contributed by atoms with Crippen LogP contribution in [0.2, 0.25) is 10.0 Å². The first-order valence-electron chi connectivity index (χ1n) is 5.92. The van der Waals surface area contributed by atoms with Crippen LogP contribution in [-0.4, -0.2) is 19.6 Å². The predicted molar refractivity (Wildman–Crippen MR) is 80.1 cm³/mol. The molecule has 2 heterocycles. The van der Waals surface area contributed by atoms with Gasteiger partial charge in [0.15, 0.2) is 11.5 Å². The molecule has 102 valence electrons. The lowest BCUT2D eigenvalue weighted by Gasteiger charge is -2.09. The van der Waals surface area contributed by atoms with E-state index in [4.69, 9.17) is 28.9 Å². The summed E-state index contributed by atoms with van der Waals surface area (Å²) >= 11 is 12.3. The highest BCUT2D eigenvalue weighted by atomic mass is 35.5.